The van der Waals surface area contributed by atoms with Crippen molar-refractivity contribution >= 4 is 11.8 Å². The molecule has 0 radical (unpaired) electrons. The third-order valence-corrected chi connectivity index (χ3v) is 4.99. The summed E-state index contributed by atoms with van der Waals surface area (Å²) in [6.07, 6.45) is 4.12. The van der Waals surface area contributed by atoms with Gasteiger partial charge in [-0.1, -0.05) is 6.07 Å². The zero-order chi connectivity index (χ0) is 20.4. The Morgan fingerprint density at radius 3 is 3.00 bits per heavy atom. The van der Waals surface area contributed by atoms with Crippen LogP contribution in [-0.2, 0) is 22.4 Å². The number of carbonyl (C=O) groups is 1. The Labute approximate surface area is 166 Å². The van der Waals surface area contributed by atoms with Gasteiger partial charge in [0.15, 0.2) is 0 Å². The summed E-state index contributed by atoms with van der Waals surface area (Å²) in [5.74, 6) is -0.0198. The first kappa shape index (κ1) is 22.5. The molecule has 2 heterocycles. The second kappa shape index (κ2) is 11.9. The molecule has 4 N–H and O–H groups in total. The number of methoxy groups -OCH3 is 1. The van der Waals surface area contributed by atoms with E-state index < -0.39 is 18.2 Å². The first-order valence-electron chi connectivity index (χ1n) is 10.1. The van der Waals surface area contributed by atoms with Crippen molar-refractivity contribution in [3.8, 4) is 0 Å². The van der Waals surface area contributed by atoms with E-state index in [1.807, 2.05) is 4.90 Å². The number of alkyl halides is 1. The molecule has 0 fully saturated rings. The monoisotopic (exact) mass is 396 g/mol. The third kappa shape index (κ3) is 7.69. The van der Waals surface area contributed by atoms with Crippen molar-refractivity contribution < 1.29 is 19.0 Å². The van der Waals surface area contributed by atoms with Crippen LogP contribution < -0.4 is 11.1 Å². The maximum atomic E-state index is 13.9. The highest BCUT2D eigenvalue weighted by molar-refractivity contribution is 5.72. The summed E-state index contributed by atoms with van der Waals surface area (Å²) in [6.45, 7) is 2.38. The summed E-state index contributed by atoms with van der Waals surface area (Å²) >= 11 is 0. The molecule has 8 heteroatoms. The van der Waals surface area contributed by atoms with Crippen molar-refractivity contribution in [1.29, 1.82) is 0 Å². The standard InChI is InChI=1S/C20H33FN4O3/c1-28-14-16(21)13-25(12-9-18(22)20(26)27)11-3-2-6-17-8-7-15-5-4-10-23-19(15)24-17/h7-8,16,18H,2-6,9-14,22H2,1H3,(H,23,24)(H,26,27). The highest BCUT2D eigenvalue weighted by atomic mass is 19.1. The summed E-state index contributed by atoms with van der Waals surface area (Å²) < 4.78 is 18.8. The average Bonchev–Trinajstić information content (AvgIpc) is 2.68. The largest absolute Gasteiger partial charge is 0.480 e. The number of ether oxygens (including phenoxy) is 1. The maximum Gasteiger partial charge on any atom is 0.320 e. The van der Waals surface area contributed by atoms with Crippen LogP contribution in [0.4, 0.5) is 10.2 Å². The molecular weight excluding hydrogens is 363 g/mol. The number of hydrogen-bond acceptors (Lipinski definition) is 6. The molecule has 0 aromatic carbocycles. The predicted molar refractivity (Wildman–Crippen MR) is 107 cm³/mol. The number of rotatable bonds is 13. The minimum Gasteiger partial charge on any atom is -0.480 e. The van der Waals surface area contributed by atoms with Crippen molar-refractivity contribution in [2.75, 3.05) is 45.2 Å². The molecule has 28 heavy (non-hydrogen) atoms. The molecular formula is C20H33FN4O3. The van der Waals surface area contributed by atoms with Crippen molar-refractivity contribution in [1.82, 2.24) is 9.88 Å². The van der Waals surface area contributed by atoms with Gasteiger partial charge in [-0.25, -0.2) is 9.37 Å². The topological polar surface area (TPSA) is 101 Å². The Balaban J connectivity index is 1.78. The van der Waals surface area contributed by atoms with Crippen LogP contribution >= 0.6 is 0 Å². The van der Waals surface area contributed by atoms with Gasteiger partial charge >= 0.3 is 5.97 Å². The van der Waals surface area contributed by atoms with E-state index in [9.17, 15) is 9.18 Å². The lowest BCUT2D eigenvalue weighted by Gasteiger charge is -2.24. The number of aryl methyl sites for hydroxylation is 2. The fourth-order valence-corrected chi connectivity index (χ4v) is 3.40. The second-order valence-electron chi connectivity index (χ2n) is 7.38. The van der Waals surface area contributed by atoms with Gasteiger partial charge in [-0.2, -0.15) is 0 Å². The lowest BCUT2D eigenvalue weighted by atomic mass is 10.1. The average molecular weight is 397 g/mol. The Hall–Kier alpha value is -1.77. The van der Waals surface area contributed by atoms with Gasteiger partial charge in [-0.3, -0.25) is 4.79 Å². The van der Waals surface area contributed by atoms with E-state index >= 15 is 0 Å². The number of aliphatic carboxylic acids is 1. The zero-order valence-electron chi connectivity index (χ0n) is 16.7. The highest BCUT2D eigenvalue weighted by Crippen LogP contribution is 2.20. The maximum absolute atomic E-state index is 13.9. The zero-order valence-corrected chi connectivity index (χ0v) is 16.7. The van der Waals surface area contributed by atoms with Crippen LogP contribution in [0.2, 0.25) is 0 Å². The number of nitrogens with two attached hydrogens (primary N) is 1. The molecule has 1 aliphatic heterocycles. The summed E-state index contributed by atoms with van der Waals surface area (Å²) in [5.41, 5.74) is 7.93. The lowest BCUT2D eigenvalue weighted by molar-refractivity contribution is -0.138. The number of nitrogens with zero attached hydrogens (tertiary/aromatic N) is 2. The van der Waals surface area contributed by atoms with Gasteiger partial charge < -0.3 is 25.8 Å². The normalized spacial score (nSPS) is 15.7. The quantitative estimate of drug-likeness (QED) is 0.438. The molecule has 1 aliphatic rings. The molecule has 2 rings (SSSR count). The van der Waals surface area contributed by atoms with Gasteiger partial charge in [0.05, 0.1) is 6.61 Å². The number of halogens is 1. The fraction of sp³-hybridized carbons (Fsp3) is 0.700. The van der Waals surface area contributed by atoms with Gasteiger partial charge in [0, 0.05) is 32.4 Å². The minimum absolute atomic E-state index is 0.0352. The van der Waals surface area contributed by atoms with Gasteiger partial charge in [-0.15, -0.1) is 0 Å². The number of hydrogen-bond donors (Lipinski definition) is 3. The van der Waals surface area contributed by atoms with Gasteiger partial charge in [0.2, 0.25) is 0 Å². The number of anilines is 1. The van der Waals surface area contributed by atoms with Gasteiger partial charge in [0.1, 0.15) is 18.0 Å². The highest BCUT2D eigenvalue weighted by Gasteiger charge is 2.17. The van der Waals surface area contributed by atoms with Crippen molar-refractivity contribution in [3.63, 3.8) is 0 Å². The van der Waals surface area contributed by atoms with E-state index in [0.717, 1.165) is 50.2 Å². The summed E-state index contributed by atoms with van der Waals surface area (Å²) in [7, 11) is 1.47. The molecule has 0 saturated carbocycles. The van der Waals surface area contributed by atoms with Crippen LogP contribution in [0.1, 0.15) is 36.9 Å². The van der Waals surface area contributed by atoms with E-state index in [2.05, 4.69) is 17.4 Å². The smallest absolute Gasteiger partial charge is 0.320 e. The predicted octanol–water partition coefficient (Wildman–Crippen LogP) is 1.85. The number of aromatic nitrogens is 1. The van der Waals surface area contributed by atoms with Crippen molar-refractivity contribution in [2.45, 2.75) is 50.7 Å². The number of pyridine rings is 1. The molecule has 0 bridgehead atoms. The number of fused-ring (bicyclic) bond motifs is 1. The summed E-state index contributed by atoms with van der Waals surface area (Å²) in [5, 5.41) is 12.3. The van der Waals surface area contributed by atoms with Crippen LogP contribution in [0.15, 0.2) is 12.1 Å². The molecule has 2 atom stereocenters. The first-order valence-corrected chi connectivity index (χ1v) is 10.1. The molecule has 0 amide bonds. The molecule has 0 saturated heterocycles. The van der Waals surface area contributed by atoms with E-state index in [1.54, 1.807) is 0 Å². The van der Waals surface area contributed by atoms with Crippen LogP contribution in [0, 0.1) is 0 Å². The van der Waals surface area contributed by atoms with Gasteiger partial charge in [-0.05, 0) is 56.7 Å². The minimum atomic E-state index is -1.10. The van der Waals surface area contributed by atoms with Crippen LogP contribution in [0.25, 0.3) is 0 Å². The van der Waals surface area contributed by atoms with Crippen LogP contribution in [0.3, 0.4) is 0 Å². The second-order valence-corrected chi connectivity index (χ2v) is 7.38. The van der Waals surface area contributed by atoms with Crippen LogP contribution in [0.5, 0.6) is 0 Å². The SMILES string of the molecule is COCC(F)CN(CCCCc1ccc2c(n1)NCCC2)CCC(N)C(=O)O. The number of carboxylic acid groups (broad SMARTS) is 1. The lowest BCUT2D eigenvalue weighted by Crippen LogP contribution is -2.39. The number of carboxylic acids is 1. The number of unbranched alkanes of at least 4 members (excludes halogenated alkanes) is 1. The Kier molecular flexibility index (Phi) is 9.60. The molecule has 2 unspecified atom stereocenters. The van der Waals surface area contributed by atoms with E-state index in [0.29, 0.717) is 19.5 Å². The van der Waals surface area contributed by atoms with E-state index in [1.165, 1.54) is 12.7 Å². The molecule has 1 aromatic heterocycles. The molecule has 1 aromatic rings. The Morgan fingerprint density at radius 1 is 1.43 bits per heavy atom. The molecule has 7 nitrogen and oxygen atoms in total. The van der Waals surface area contributed by atoms with Gasteiger partial charge in [0.25, 0.3) is 0 Å². The van der Waals surface area contributed by atoms with Crippen molar-refractivity contribution in [2.24, 2.45) is 5.73 Å². The molecule has 158 valence electrons. The van der Waals surface area contributed by atoms with Crippen LogP contribution in [-0.4, -0.2) is 73.1 Å². The number of nitrogens with one attached hydrogen (secondary N) is 1. The Morgan fingerprint density at radius 2 is 2.25 bits per heavy atom. The van der Waals surface area contributed by atoms with E-state index in [-0.39, 0.29) is 13.2 Å². The summed E-state index contributed by atoms with van der Waals surface area (Å²) in [4.78, 5) is 17.5. The van der Waals surface area contributed by atoms with Crippen molar-refractivity contribution in [3.05, 3.63) is 23.4 Å². The first-order chi connectivity index (χ1) is 13.5. The molecule has 0 spiro atoms. The van der Waals surface area contributed by atoms with E-state index in [4.69, 9.17) is 20.6 Å². The Bertz CT molecular complexity index is 617. The molecule has 0 aliphatic carbocycles. The third-order valence-electron chi connectivity index (χ3n) is 4.99. The summed E-state index contributed by atoms with van der Waals surface area (Å²) in [6, 6.07) is 3.32. The fourth-order valence-electron chi connectivity index (χ4n) is 3.40.